The first kappa shape index (κ1) is 6.41. The van der Waals surface area contributed by atoms with Crippen molar-refractivity contribution in [2.45, 2.75) is 6.30 Å². The topological polar surface area (TPSA) is 12.5 Å². The molecule has 1 heterocycles. The molecule has 0 spiro atoms. The predicted octanol–water partition coefficient (Wildman–Crippen LogP) is 1.31. The molecule has 0 N–H and O–H groups in total. The van der Waals surface area contributed by atoms with Crippen LogP contribution in [0.3, 0.4) is 0 Å². The molecule has 0 saturated carbocycles. The summed E-state index contributed by atoms with van der Waals surface area (Å²) in [5.74, 6) is 0. The Labute approximate surface area is 49.5 Å². The van der Waals surface area contributed by atoms with Crippen LogP contribution in [-0.4, -0.2) is 11.4 Å². The summed E-state index contributed by atoms with van der Waals surface area (Å²) >= 11 is 0. The summed E-state index contributed by atoms with van der Waals surface area (Å²) < 4.78 is 34.4. The van der Waals surface area contributed by atoms with Gasteiger partial charge in [0.1, 0.15) is 12.8 Å². The summed E-state index contributed by atoms with van der Waals surface area (Å²) in [6, 6.07) is 0. The molecule has 1 rings (SSSR count). The molecule has 0 unspecified atom stereocenters. The van der Waals surface area contributed by atoms with Gasteiger partial charge in [0, 0.05) is 0 Å². The lowest BCUT2D eigenvalue weighted by molar-refractivity contribution is -0.330. The lowest BCUT2D eigenvalue weighted by atomic mass is 10.6. The molecule has 2 radical (unpaired) electrons. The van der Waals surface area contributed by atoms with Crippen molar-refractivity contribution in [1.82, 2.24) is 5.06 Å². The van der Waals surface area contributed by atoms with Gasteiger partial charge in [0.15, 0.2) is 0 Å². The third-order valence-corrected chi connectivity index (χ3v) is 0.656. The third kappa shape index (κ3) is 1.35. The fraction of sp³-hybridized carbons (Fsp3) is 0.250. The fourth-order valence-electron chi connectivity index (χ4n) is 0.353. The van der Waals surface area contributed by atoms with E-state index in [9.17, 15) is 13.2 Å². The third-order valence-electron chi connectivity index (χ3n) is 0.656. The molecular weight excluding hydrogens is 135 g/mol. The molecule has 5 heteroatoms. The number of hydrogen-bond acceptors (Lipinski definition) is 2. The molecular formula is C4H2F3NO. The Balaban J connectivity index is 2.46. The van der Waals surface area contributed by atoms with Gasteiger partial charge in [0.05, 0.1) is 0 Å². The second kappa shape index (κ2) is 1.91. The number of hydrogen-bond donors (Lipinski definition) is 0. The molecule has 0 saturated heterocycles. The number of hydroxylamine groups is 2. The van der Waals surface area contributed by atoms with Gasteiger partial charge in [-0.25, -0.2) is 0 Å². The minimum atomic E-state index is -4.48. The van der Waals surface area contributed by atoms with Crippen LogP contribution in [0.4, 0.5) is 13.2 Å². The fourth-order valence-corrected chi connectivity index (χ4v) is 0.353. The Hall–Kier alpha value is -0.710. The van der Waals surface area contributed by atoms with E-state index in [-0.39, 0.29) is 5.06 Å². The zero-order chi connectivity index (χ0) is 6.91. The van der Waals surface area contributed by atoms with Gasteiger partial charge in [-0.3, -0.25) is 0 Å². The van der Waals surface area contributed by atoms with Gasteiger partial charge >= 0.3 is 6.30 Å². The lowest BCUT2D eigenvalue weighted by Crippen LogP contribution is -2.31. The van der Waals surface area contributed by atoms with E-state index in [1.807, 2.05) is 0 Å². The SMILES string of the molecule is FC(F)(F)N1[C]C=CO1. The summed E-state index contributed by atoms with van der Waals surface area (Å²) in [6.45, 7) is 1.80. The Morgan fingerprint density at radius 2 is 2.11 bits per heavy atom. The number of nitrogens with zero attached hydrogens (tertiary/aromatic N) is 1. The predicted molar refractivity (Wildman–Crippen MR) is 21.4 cm³/mol. The lowest BCUT2D eigenvalue weighted by Gasteiger charge is -2.15. The molecule has 0 aromatic rings. The first-order valence-corrected chi connectivity index (χ1v) is 2.05. The van der Waals surface area contributed by atoms with Gasteiger partial charge in [-0.2, -0.15) is 13.2 Å². The van der Waals surface area contributed by atoms with E-state index >= 15 is 0 Å². The highest BCUT2D eigenvalue weighted by atomic mass is 19.4. The van der Waals surface area contributed by atoms with Crippen molar-refractivity contribution < 1.29 is 18.0 Å². The van der Waals surface area contributed by atoms with Gasteiger partial charge in [0.2, 0.25) is 0 Å². The highest BCUT2D eigenvalue weighted by Gasteiger charge is 2.40. The first-order chi connectivity index (χ1) is 4.11. The van der Waals surface area contributed by atoms with Crippen molar-refractivity contribution in [2.24, 2.45) is 0 Å². The average molecular weight is 137 g/mol. The molecule has 2 nitrogen and oxygen atoms in total. The molecule has 0 atom stereocenters. The van der Waals surface area contributed by atoms with Gasteiger partial charge < -0.3 is 4.84 Å². The van der Waals surface area contributed by atoms with E-state index in [1.165, 1.54) is 0 Å². The Morgan fingerprint density at radius 1 is 1.44 bits per heavy atom. The molecule has 0 aliphatic carbocycles. The molecule has 0 aromatic heterocycles. The monoisotopic (exact) mass is 137 g/mol. The van der Waals surface area contributed by atoms with Crippen molar-refractivity contribution >= 4 is 0 Å². The van der Waals surface area contributed by atoms with Crippen molar-refractivity contribution in [2.75, 3.05) is 0 Å². The summed E-state index contributed by atoms with van der Waals surface area (Å²) in [7, 11) is 0. The second-order valence-electron chi connectivity index (χ2n) is 1.30. The van der Waals surface area contributed by atoms with Gasteiger partial charge in [-0.15, -0.1) is 0 Å². The van der Waals surface area contributed by atoms with Crippen molar-refractivity contribution in [3.63, 3.8) is 0 Å². The van der Waals surface area contributed by atoms with Crippen LogP contribution in [0.5, 0.6) is 0 Å². The van der Waals surface area contributed by atoms with Crippen molar-refractivity contribution in [3.05, 3.63) is 18.9 Å². The normalized spacial score (nSPS) is 20.3. The molecule has 9 heavy (non-hydrogen) atoms. The Morgan fingerprint density at radius 3 is 2.33 bits per heavy atom. The van der Waals surface area contributed by atoms with E-state index in [0.717, 1.165) is 12.3 Å². The minimum absolute atomic E-state index is 0.312. The summed E-state index contributed by atoms with van der Waals surface area (Å²) in [6.07, 6.45) is -2.55. The van der Waals surface area contributed by atoms with Crippen LogP contribution >= 0.6 is 0 Å². The summed E-state index contributed by atoms with van der Waals surface area (Å²) in [5, 5.41) is -0.312. The standard InChI is InChI=1S/C4H2F3NO/c5-4(6,7)8-2-1-3-9-8/h1,3H. The Kier molecular flexibility index (Phi) is 1.36. The maximum Gasteiger partial charge on any atom is 0.493 e. The van der Waals surface area contributed by atoms with Crippen LogP contribution in [0.25, 0.3) is 0 Å². The van der Waals surface area contributed by atoms with Crippen LogP contribution in [-0.2, 0) is 4.84 Å². The zero-order valence-electron chi connectivity index (χ0n) is 4.14. The summed E-state index contributed by atoms with van der Waals surface area (Å²) in [5.41, 5.74) is 0. The van der Waals surface area contributed by atoms with Gasteiger partial charge in [-0.05, 0) is 11.1 Å². The average Bonchev–Trinajstić information content (AvgIpc) is 2.08. The molecule has 1 aliphatic heterocycles. The van der Waals surface area contributed by atoms with E-state index in [2.05, 4.69) is 4.84 Å². The van der Waals surface area contributed by atoms with Crippen LogP contribution in [0, 0.1) is 6.54 Å². The summed E-state index contributed by atoms with van der Waals surface area (Å²) in [4.78, 5) is 3.93. The van der Waals surface area contributed by atoms with Gasteiger partial charge in [-0.1, -0.05) is 0 Å². The smallest absolute Gasteiger partial charge is 0.405 e. The van der Waals surface area contributed by atoms with E-state index in [1.54, 1.807) is 6.54 Å². The quantitative estimate of drug-likeness (QED) is 0.466. The highest BCUT2D eigenvalue weighted by Crippen LogP contribution is 2.25. The van der Waals surface area contributed by atoms with E-state index in [4.69, 9.17) is 0 Å². The molecule has 0 bridgehead atoms. The number of halogens is 3. The highest BCUT2D eigenvalue weighted by molar-refractivity contribution is 4.93. The Bertz CT molecular complexity index is 122. The van der Waals surface area contributed by atoms with Crippen LogP contribution < -0.4 is 0 Å². The second-order valence-corrected chi connectivity index (χ2v) is 1.30. The van der Waals surface area contributed by atoms with Crippen LogP contribution in [0.2, 0.25) is 0 Å². The molecule has 0 amide bonds. The largest absolute Gasteiger partial charge is 0.493 e. The maximum atomic E-state index is 11.5. The van der Waals surface area contributed by atoms with Crippen molar-refractivity contribution in [3.8, 4) is 0 Å². The van der Waals surface area contributed by atoms with E-state index in [0.29, 0.717) is 0 Å². The van der Waals surface area contributed by atoms with Gasteiger partial charge in [0.25, 0.3) is 0 Å². The van der Waals surface area contributed by atoms with E-state index < -0.39 is 6.30 Å². The molecule has 0 fully saturated rings. The van der Waals surface area contributed by atoms with Crippen molar-refractivity contribution in [1.29, 1.82) is 0 Å². The maximum absolute atomic E-state index is 11.5. The molecule has 50 valence electrons. The molecule has 1 aliphatic rings. The zero-order valence-corrected chi connectivity index (χ0v) is 4.14. The number of alkyl halides is 3. The minimum Gasteiger partial charge on any atom is -0.405 e. The van der Waals surface area contributed by atoms with Crippen LogP contribution in [0.15, 0.2) is 12.3 Å². The number of rotatable bonds is 0. The first-order valence-electron chi connectivity index (χ1n) is 2.05. The van der Waals surface area contributed by atoms with Crippen LogP contribution in [0.1, 0.15) is 0 Å². The molecule has 0 aromatic carbocycles.